The molecule has 1 heterocycles. The minimum Gasteiger partial charge on any atom is -0.324 e. The summed E-state index contributed by atoms with van der Waals surface area (Å²) in [5.74, 6) is -0.614. The van der Waals surface area contributed by atoms with E-state index in [0.29, 0.717) is 17.2 Å². The van der Waals surface area contributed by atoms with E-state index in [-0.39, 0.29) is 18.0 Å². The molecule has 5 nitrogen and oxygen atoms in total. The number of benzene rings is 2. The maximum absolute atomic E-state index is 14.3. The van der Waals surface area contributed by atoms with E-state index < -0.39 is 20.7 Å². The highest BCUT2D eigenvalue weighted by atomic mass is 32.2. The summed E-state index contributed by atoms with van der Waals surface area (Å²) in [7, 11) is -4.08. The Kier molecular flexibility index (Phi) is 3.35. The van der Waals surface area contributed by atoms with E-state index in [1.54, 1.807) is 24.3 Å². The molecule has 4 rings (SSSR count). The standard InChI is InChI=1S/C17H15FN2O3S/c18-13-8-11(10-4-5-10)6-7-15(13)24(22,23)20-14-3-1-2-12-9-16(21)19-17(12)14/h1-3,6-8,10,20H,4-5,9H2,(H,19,21). The first-order chi connectivity index (χ1) is 11.4. The van der Waals surface area contributed by atoms with E-state index in [2.05, 4.69) is 10.0 Å². The van der Waals surface area contributed by atoms with Gasteiger partial charge in [-0.1, -0.05) is 18.2 Å². The summed E-state index contributed by atoms with van der Waals surface area (Å²) in [5.41, 5.74) is 2.22. The van der Waals surface area contributed by atoms with Gasteiger partial charge < -0.3 is 5.32 Å². The number of sulfonamides is 1. The van der Waals surface area contributed by atoms with Gasteiger partial charge in [-0.15, -0.1) is 0 Å². The van der Waals surface area contributed by atoms with Gasteiger partial charge >= 0.3 is 0 Å². The van der Waals surface area contributed by atoms with Crippen LogP contribution in [0, 0.1) is 5.82 Å². The zero-order valence-corrected chi connectivity index (χ0v) is 13.5. The van der Waals surface area contributed by atoms with Crippen LogP contribution in [-0.4, -0.2) is 14.3 Å². The third kappa shape index (κ3) is 2.65. The summed E-state index contributed by atoms with van der Waals surface area (Å²) < 4.78 is 41.7. The van der Waals surface area contributed by atoms with Crippen molar-refractivity contribution in [1.82, 2.24) is 0 Å². The summed E-state index contributed by atoms with van der Waals surface area (Å²) in [5, 5.41) is 2.63. The molecule has 2 N–H and O–H groups in total. The van der Waals surface area contributed by atoms with E-state index >= 15 is 0 Å². The average Bonchev–Trinajstić information content (AvgIpc) is 3.28. The molecule has 24 heavy (non-hydrogen) atoms. The number of carbonyl (C=O) groups is 1. The smallest absolute Gasteiger partial charge is 0.264 e. The highest BCUT2D eigenvalue weighted by Crippen LogP contribution is 2.41. The fourth-order valence-electron chi connectivity index (χ4n) is 2.94. The van der Waals surface area contributed by atoms with Crippen LogP contribution in [0.5, 0.6) is 0 Å². The summed E-state index contributed by atoms with van der Waals surface area (Å²) in [6.45, 7) is 0. The molecule has 1 amide bonds. The highest BCUT2D eigenvalue weighted by molar-refractivity contribution is 7.92. The summed E-state index contributed by atoms with van der Waals surface area (Å²) in [4.78, 5) is 11.1. The van der Waals surface area contributed by atoms with Gasteiger partial charge in [0.15, 0.2) is 0 Å². The van der Waals surface area contributed by atoms with Gasteiger partial charge in [0.2, 0.25) is 5.91 Å². The molecule has 0 bridgehead atoms. The van der Waals surface area contributed by atoms with Crippen LogP contribution in [0.4, 0.5) is 15.8 Å². The number of fused-ring (bicyclic) bond motifs is 1. The zero-order valence-electron chi connectivity index (χ0n) is 12.7. The predicted octanol–water partition coefficient (Wildman–Crippen LogP) is 3.00. The second kappa shape index (κ2) is 5.31. The molecule has 2 aromatic carbocycles. The van der Waals surface area contributed by atoms with Crippen LogP contribution in [0.15, 0.2) is 41.3 Å². The van der Waals surface area contributed by atoms with Crippen LogP contribution >= 0.6 is 0 Å². The molecule has 1 fully saturated rings. The first-order valence-electron chi connectivity index (χ1n) is 7.68. The number of carbonyl (C=O) groups excluding carboxylic acids is 1. The average molecular weight is 346 g/mol. The Morgan fingerprint density at radius 2 is 1.96 bits per heavy atom. The SMILES string of the molecule is O=C1Cc2cccc(NS(=O)(=O)c3ccc(C4CC4)cc3F)c2N1. The van der Waals surface area contributed by atoms with Gasteiger partial charge in [0.05, 0.1) is 17.8 Å². The minimum atomic E-state index is -4.08. The van der Waals surface area contributed by atoms with Crippen molar-refractivity contribution in [2.45, 2.75) is 30.1 Å². The molecule has 124 valence electrons. The fraction of sp³-hybridized carbons (Fsp3) is 0.235. The number of amides is 1. The van der Waals surface area contributed by atoms with Crippen LogP contribution in [0.3, 0.4) is 0 Å². The summed E-state index contributed by atoms with van der Waals surface area (Å²) >= 11 is 0. The molecule has 7 heteroatoms. The first-order valence-corrected chi connectivity index (χ1v) is 9.16. The third-order valence-electron chi connectivity index (χ3n) is 4.30. The Balaban J connectivity index is 1.67. The third-order valence-corrected chi connectivity index (χ3v) is 5.70. The van der Waals surface area contributed by atoms with Gasteiger partial charge in [0.1, 0.15) is 10.7 Å². The number of para-hydroxylation sites is 1. The van der Waals surface area contributed by atoms with Crippen molar-refractivity contribution in [2.24, 2.45) is 0 Å². The molecular formula is C17H15FN2O3S. The van der Waals surface area contributed by atoms with Gasteiger partial charge in [0, 0.05) is 0 Å². The van der Waals surface area contributed by atoms with Crippen LogP contribution in [0.25, 0.3) is 0 Å². The second-order valence-electron chi connectivity index (χ2n) is 6.13. The van der Waals surface area contributed by atoms with E-state index in [1.807, 2.05) is 0 Å². The van der Waals surface area contributed by atoms with Gasteiger partial charge in [-0.3, -0.25) is 9.52 Å². The molecule has 2 aromatic rings. The lowest BCUT2D eigenvalue weighted by molar-refractivity contribution is -0.115. The van der Waals surface area contributed by atoms with Crippen LogP contribution in [0.2, 0.25) is 0 Å². The normalized spacial score (nSPS) is 16.6. The van der Waals surface area contributed by atoms with E-state index in [0.717, 1.165) is 18.4 Å². The number of hydrogen-bond donors (Lipinski definition) is 2. The maximum Gasteiger partial charge on any atom is 0.264 e. The van der Waals surface area contributed by atoms with E-state index in [1.165, 1.54) is 12.1 Å². The summed E-state index contributed by atoms with van der Waals surface area (Å²) in [6, 6.07) is 9.20. The Morgan fingerprint density at radius 1 is 1.17 bits per heavy atom. The lowest BCUT2D eigenvalue weighted by Crippen LogP contribution is -2.16. The van der Waals surface area contributed by atoms with Crippen molar-refractivity contribution < 1.29 is 17.6 Å². The topological polar surface area (TPSA) is 75.3 Å². The molecule has 0 spiro atoms. The Hall–Kier alpha value is -2.41. The quantitative estimate of drug-likeness (QED) is 0.894. The molecule has 2 aliphatic rings. The number of anilines is 2. The molecule has 1 aliphatic heterocycles. The van der Waals surface area contributed by atoms with Gasteiger partial charge in [-0.2, -0.15) is 0 Å². The van der Waals surface area contributed by atoms with Crippen molar-refractivity contribution in [3.8, 4) is 0 Å². The molecule has 0 saturated heterocycles. The highest BCUT2D eigenvalue weighted by Gasteiger charge is 2.28. The number of nitrogens with one attached hydrogen (secondary N) is 2. The molecule has 0 unspecified atom stereocenters. The molecule has 0 radical (unpaired) electrons. The molecular weight excluding hydrogens is 331 g/mol. The number of rotatable bonds is 4. The predicted molar refractivity (Wildman–Crippen MR) is 88.0 cm³/mol. The molecule has 0 atom stereocenters. The lowest BCUT2D eigenvalue weighted by atomic mass is 10.1. The minimum absolute atomic E-state index is 0.198. The van der Waals surface area contributed by atoms with Crippen molar-refractivity contribution >= 4 is 27.3 Å². The molecule has 1 saturated carbocycles. The van der Waals surface area contributed by atoms with Gasteiger partial charge in [-0.25, -0.2) is 12.8 Å². The molecule has 0 aromatic heterocycles. The Morgan fingerprint density at radius 3 is 2.67 bits per heavy atom. The van der Waals surface area contributed by atoms with E-state index in [9.17, 15) is 17.6 Å². The van der Waals surface area contributed by atoms with E-state index in [4.69, 9.17) is 0 Å². The second-order valence-corrected chi connectivity index (χ2v) is 7.79. The number of hydrogen-bond acceptors (Lipinski definition) is 3. The fourth-order valence-corrected chi connectivity index (χ4v) is 4.07. The number of halogens is 1. The van der Waals surface area contributed by atoms with Crippen molar-refractivity contribution in [3.05, 3.63) is 53.3 Å². The monoisotopic (exact) mass is 346 g/mol. The van der Waals surface area contributed by atoms with Crippen molar-refractivity contribution in [1.29, 1.82) is 0 Å². The van der Waals surface area contributed by atoms with Crippen LogP contribution in [0.1, 0.15) is 29.9 Å². The first kappa shape index (κ1) is 15.1. The lowest BCUT2D eigenvalue weighted by Gasteiger charge is -2.13. The summed E-state index contributed by atoms with van der Waals surface area (Å²) in [6.07, 6.45) is 2.23. The largest absolute Gasteiger partial charge is 0.324 e. The van der Waals surface area contributed by atoms with Crippen LogP contribution < -0.4 is 10.0 Å². The van der Waals surface area contributed by atoms with Crippen molar-refractivity contribution in [2.75, 3.05) is 10.0 Å². The Labute approximate surface area is 138 Å². The van der Waals surface area contributed by atoms with Crippen LogP contribution in [-0.2, 0) is 21.2 Å². The zero-order chi connectivity index (χ0) is 16.9. The van der Waals surface area contributed by atoms with Gasteiger partial charge in [0.25, 0.3) is 10.0 Å². The van der Waals surface area contributed by atoms with Gasteiger partial charge in [-0.05, 0) is 48.1 Å². The maximum atomic E-state index is 14.3. The Bertz CT molecular complexity index is 952. The molecule has 1 aliphatic carbocycles. The van der Waals surface area contributed by atoms with Crippen molar-refractivity contribution in [3.63, 3.8) is 0 Å².